The van der Waals surface area contributed by atoms with Crippen LogP contribution in [0, 0.1) is 11.3 Å². The van der Waals surface area contributed by atoms with Gasteiger partial charge in [0.05, 0.1) is 12.5 Å². The van der Waals surface area contributed by atoms with Crippen LogP contribution in [0.15, 0.2) is 24.3 Å². The molecule has 2 heteroatoms. The second-order valence-corrected chi connectivity index (χ2v) is 4.62. The Morgan fingerprint density at radius 2 is 2.19 bits per heavy atom. The topological polar surface area (TPSA) is 35.8 Å². The molecule has 1 saturated carbocycles. The van der Waals surface area contributed by atoms with Crippen molar-refractivity contribution in [2.75, 3.05) is 0 Å². The molecule has 1 aliphatic rings. The summed E-state index contributed by atoms with van der Waals surface area (Å²) in [5.41, 5.74) is 2.90. The fraction of sp³-hybridized carbons (Fsp3) is 0.500. The van der Waals surface area contributed by atoms with E-state index in [-0.39, 0.29) is 6.04 Å². The molecule has 1 fully saturated rings. The third kappa shape index (κ3) is 2.84. The second-order valence-electron chi connectivity index (χ2n) is 4.62. The molecular weight excluding hydrogens is 196 g/mol. The molecule has 0 spiro atoms. The molecule has 0 heterocycles. The molecule has 0 saturated heterocycles. The summed E-state index contributed by atoms with van der Waals surface area (Å²) in [6.45, 7) is 2.94. The van der Waals surface area contributed by atoms with Crippen LogP contribution in [-0.2, 0) is 6.54 Å². The summed E-state index contributed by atoms with van der Waals surface area (Å²) in [6, 6.07) is 11.1. The lowest BCUT2D eigenvalue weighted by atomic mass is 10.0. The van der Waals surface area contributed by atoms with Crippen molar-refractivity contribution in [1.29, 1.82) is 5.26 Å². The third-order valence-corrected chi connectivity index (χ3v) is 3.11. The molecule has 0 radical (unpaired) electrons. The number of nitrogens with one attached hydrogen (secondary N) is 1. The molecule has 84 valence electrons. The predicted octanol–water partition coefficient (Wildman–Crippen LogP) is 2.96. The lowest BCUT2D eigenvalue weighted by Crippen LogP contribution is -2.25. The Bertz CT molecular complexity index is 388. The highest BCUT2D eigenvalue weighted by Crippen LogP contribution is 2.41. The van der Waals surface area contributed by atoms with E-state index in [1.807, 2.05) is 0 Å². The van der Waals surface area contributed by atoms with E-state index >= 15 is 0 Å². The van der Waals surface area contributed by atoms with Gasteiger partial charge in [-0.25, -0.2) is 0 Å². The van der Waals surface area contributed by atoms with Gasteiger partial charge < -0.3 is 5.32 Å². The van der Waals surface area contributed by atoms with E-state index in [9.17, 15) is 0 Å². The van der Waals surface area contributed by atoms with E-state index in [0.29, 0.717) is 6.42 Å². The van der Waals surface area contributed by atoms with Gasteiger partial charge in [-0.15, -0.1) is 0 Å². The summed E-state index contributed by atoms with van der Waals surface area (Å²) in [6.07, 6.45) is 3.25. The normalized spacial score (nSPS) is 16.8. The van der Waals surface area contributed by atoms with Crippen LogP contribution in [0.25, 0.3) is 0 Å². The van der Waals surface area contributed by atoms with Crippen LogP contribution in [0.2, 0.25) is 0 Å². The lowest BCUT2D eigenvalue weighted by Gasteiger charge is -2.13. The van der Waals surface area contributed by atoms with Crippen LogP contribution in [0.3, 0.4) is 0 Å². The van der Waals surface area contributed by atoms with Gasteiger partial charge >= 0.3 is 0 Å². The van der Waals surface area contributed by atoms with Crippen molar-refractivity contribution in [3.05, 3.63) is 35.4 Å². The Balaban J connectivity index is 1.96. The smallest absolute Gasteiger partial charge is 0.0638 e. The maximum absolute atomic E-state index is 8.60. The Morgan fingerprint density at radius 3 is 2.88 bits per heavy atom. The van der Waals surface area contributed by atoms with E-state index in [4.69, 9.17) is 5.26 Å². The molecule has 0 amide bonds. The monoisotopic (exact) mass is 214 g/mol. The van der Waals surface area contributed by atoms with Crippen molar-refractivity contribution in [2.24, 2.45) is 0 Å². The first-order valence-corrected chi connectivity index (χ1v) is 5.99. The van der Waals surface area contributed by atoms with Gasteiger partial charge in [-0.3, -0.25) is 0 Å². The number of nitriles is 1. The van der Waals surface area contributed by atoms with Crippen molar-refractivity contribution in [3.8, 4) is 6.07 Å². The zero-order valence-corrected chi connectivity index (χ0v) is 9.74. The van der Waals surface area contributed by atoms with Gasteiger partial charge in [0.15, 0.2) is 0 Å². The molecule has 1 atom stereocenters. The van der Waals surface area contributed by atoms with E-state index in [0.717, 1.165) is 12.5 Å². The van der Waals surface area contributed by atoms with Crippen LogP contribution in [0.1, 0.15) is 43.2 Å². The molecule has 0 aliphatic heterocycles. The molecule has 0 aromatic heterocycles. The van der Waals surface area contributed by atoms with Crippen LogP contribution in [-0.4, -0.2) is 6.04 Å². The quantitative estimate of drug-likeness (QED) is 0.818. The molecule has 0 bridgehead atoms. The number of rotatable bonds is 5. The minimum Gasteiger partial charge on any atom is -0.309 e. The zero-order chi connectivity index (χ0) is 11.4. The Kier molecular flexibility index (Phi) is 3.58. The first-order valence-electron chi connectivity index (χ1n) is 5.99. The van der Waals surface area contributed by atoms with E-state index in [1.165, 1.54) is 24.0 Å². The molecule has 16 heavy (non-hydrogen) atoms. The number of benzene rings is 1. The van der Waals surface area contributed by atoms with Crippen molar-refractivity contribution < 1.29 is 0 Å². The third-order valence-electron chi connectivity index (χ3n) is 3.11. The summed E-state index contributed by atoms with van der Waals surface area (Å²) >= 11 is 0. The first-order chi connectivity index (χ1) is 7.81. The Morgan fingerprint density at radius 1 is 1.44 bits per heavy atom. The number of nitrogens with zero attached hydrogens (tertiary/aromatic N) is 1. The van der Waals surface area contributed by atoms with Crippen molar-refractivity contribution in [1.82, 2.24) is 5.32 Å². The van der Waals surface area contributed by atoms with Crippen LogP contribution < -0.4 is 5.32 Å². The van der Waals surface area contributed by atoms with Gasteiger partial charge in [0.2, 0.25) is 0 Å². The highest BCUT2D eigenvalue weighted by molar-refractivity contribution is 5.33. The minimum absolute atomic E-state index is 0.275. The van der Waals surface area contributed by atoms with Crippen LogP contribution in [0.4, 0.5) is 0 Å². The highest BCUT2D eigenvalue weighted by Gasteiger charge is 2.25. The van der Waals surface area contributed by atoms with Crippen molar-refractivity contribution in [3.63, 3.8) is 0 Å². The fourth-order valence-electron chi connectivity index (χ4n) is 1.98. The van der Waals surface area contributed by atoms with Crippen LogP contribution >= 0.6 is 0 Å². The van der Waals surface area contributed by atoms with Crippen molar-refractivity contribution in [2.45, 2.75) is 44.7 Å². The van der Waals surface area contributed by atoms with Gasteiger partial charge in [-0.05, 0) is 36.8 Å². The van der Waals surface area contributed by atoms with Gasteiger partial charge in [-0.1, -0.05) is 24.3 Å². The van der Waals surface area contributed by atoms with E-state index in [1.54, 1.807) is 0 Å². The average Bonchev–Trinajstić information content (AvgIpc) is 3.11. The summed E-state index contributed by atoms with van der Waals surface area (Å²) in [5, 5.41) is 12.0. The summed E-state index contributed by atoms with van der Waals surface area (Å²) in [7, 11) is 0. The maximum atomic E-state index is 8.60. The Hall–Kier alpha value is -1.33. The molecular formula is C14H18N2. The van der Waals surface area contributed by atoms with Crippen molar-refractivity contribution >= 4 is 0 Å². The molecule has 1 aliphatic carbocycles. The molecule has 2 nitrogen and oxygen atoms in total. The van der Waals surface area contributed by atoms with Gasteiger partial charge in [0, 0.05) is 12.6 Å². The van der Waals surface area contributed by atoms with Gasteiger partial charge in [0.25, 0.3) is 0 Å². The summed E-state index contributed by atoms with van der Waals surface area (Å²) < 4.78 is 0. The fourth-order valence-corrected chi connectivity index (χ4v) is 1.98. The second kappa shape index (κ2) is 5.14. The number of hydrogen-bond acceptors (Lipinski definition) is 2. The molecule has 1 N–H and O–H groups in total. The molecule has 1 unspecified atom stereocenters. The van der Waals surface area contributed by atoms with E-state index in [2.05, 4.69) is 42.6 Å². The molecule has 1 aromatic carbocycles. The predicted molar refractivity (Wildman–Crippen MR) is 64.9 cm³/mol. The zero-order valence-electron chi connectivity index (χ0n) is 9.74. The summed E-state index contributed by atoms with van der Waals surface area (Å²) in [5.74, 6) is 0.796. The highest BCUT2D eigenvalue weighted by atomic mass is 14.9. The molecule has 2 rings (SSSR count). The average molecular weight is 214 g/mol. The van der Waals surface area contributed by atoms with Gasteiger partial charge in [0.1, 0.15) is 0 Å². The first kappa shape index (κ1) is 11.2. The molecule has 1 aromatic rings. The lowest BCUT2D eigenvalue weighted by molar-refractivity contribution is 0.555. The van der Waals surface area contributed by atoms with E-state index < -0.39 is 0 Å². The minimum atomic E-state index is 0.275. The maximum Gasteiger partial charge on any atom is 0.0638 e. The summed E-state index contributed by atoms with van der Waals surface area (Å²) in [4.78, 5) is 0. The van der Waals surface area contributed by atoms with Gasteiger partial charge in [-0.2, -0.15) is 5.26 Å². The van der Waals surface area contributed by atoms with Crippen LogP contribution in [0.5, 0.6) is 0 Å². The SMILES string of the molecule is CC(CC#N)NCc1ccccc1C1CC1. The largest absolute Gasteiger partial charge is 0.309 e. The Labute approximate surface area is 97.3 Å². The standard InChI is InChI=1S/C14H18N2/c1-11(8-9-15)16-10-13-4-2-3-5-14(13)12-6-7-12/h2-5,11-12,16H,6-8,10H2,1H3. The number of hydrogen-bond donors (Lipinski definition) is 1.